The molecule has 0 saturated heterocycles. The summed E-state index contributed by atoms with van der Waals surface area (Å²) in [7, 11) is -3.95. The number of carbonyl (C=O) groups is 1. The fourth-order valence-corrected chi connectivity index (χ4v) is 3.05. The number of benzene rings is 2. The average Bonchev–Trinajstić information content (AvgIpc) is 2.42. The van der Waals surface area contributed by atoms with Crippen molar-refractivity contribution in [1.29, 1.82) is 0 Å². The monoisotopic (exact) mass is 321 g/mol. The standard InChI is InChI=1S/C15H15NO5S/c1-9-3-4-10(2)13(7-9)16-22(20,21)11-5-6-14(17)12(8-11)15(18)19/h3-8,16-17H,1-2H3,(H,18,19). The minimum Gasteiger partial charge on any atom is -0.507 e. The molecule has 0 unspecified atom stereocenters. The first-order valence-electron chi connectivity index (χ1n) is 6.37. The summed E-state index contributed by atoms with van der Waals surface area (Å²) in [6, 6.07) is 8.44. The van der Waals surface area contributed by atoms with E-state index in [1.54, 1.807) is 19.1 Å². The third kappa shape index (κ3) is 3.20. The molecule has 7 heteroatoms. The fourth-order valence-electron chi connectivity index (χ4n) is 1.90. The van der Waals surface area contributed by atoms with E-state index in [0.29, 0.717) is 5.69 Å². The van der Waals surface area contributed by atoms with Gasteiger partial charge in [0.15, 0.2) is 0 Å². The molecule has 2 aromatic rings. The molecule has 0 aliphatic carbocycles. The third-order valence-electron chi connectivity index (χ3n) is 3.15. The Kier molecular flexibility index (Phi) is 4.09. The number of phenols is 1. The largest absolute Gasteiger partial charge is 0.507 e. The smallest absolute Gasteiger partial charge is 0.339 e. The van der Waals surface area contributed by atoms with Crippen molar-refractivity contribution in [2.75, 3.05) is 4.72 Å². The summed E-state index contributed by atoms with van der Waals surface area (Å²) in [5, 5.41) is 18.4. The highest BCUT2D eigenvalue weighted by atomic mass is 32.2. The Morgan fingerprint density at radius 1 is 1.09 bits per heavy atom. The number of aromatic carboxylic acids is 1. The van der Waals surface area contributed by atoms with Gasteiger partial charge < -0.3 is 10.2 Å². The molecule has 0 saturated carbocycles. The van der Waals surface area contributed by atoms with Gasteiger partial charge in [-0.05, 0) is 49.2 Å². The lowest BCUT2D eigenvalue weighted by Gasteiger charge is -2.12. The molecule has 0 heterocycles. The van der Waals surface area contributed by atoms with E-state index < -0.39 is 27.3 Å². The molecule has 0 amide bonds. The van der Waals surface area contributed by atoms with E-state index in [4.69, 9.17) is 5.11 Å². The van der Waals surface area contributed by atoms with Crippen LogP contribution in [-0.2, 0) is 10.0 Å². The van der Waals surface area contributed by atoms with Gasteiger partial charge in [0.25, 0.3) is 10.0 Å². The van der Waals surface area contributed by atoms with E-state index in [1.807, 2.05) is 13.0 Å². The topological polar surface area (TPSA) is 104 Å². The molecule has 0 aliphatic heterocycles. The van der Waals surface area contributed by atoms with Crippen LogP contribution in [0.5, 0.6) is 5.75 Å². The highest BCUT2D eigenvalue weighted by Gasteiger charge is 2.19. The van der Waals surface area contributed by atoms with Gasteiger partial charge in [-0.1, -0.05) is 12.1 Å². The van der Waals surface area contributed by atoms with Crippen LogP contribution in [0.1, 0.15) is 21.5 Å². The SMILES string of the molecule is Cc1ccc(C)c(NS(=O)(=O)c2ccc(O)c(C(=O)O)c2)c1. The number of hydrogen-bond donors (Lipinski definition) is 3. The highest BCUT2D eigenvalue weighted by Crippen LogP contribution is 2.24. The molecular weight excluding hydrogens is 306 g/mol. The molecule has 0 spiro atoms. The summed E-state index contributed by atoms with van der Waals surface area (Å²) in [5.74, 6) is -1.89. The van der Waals surface area contributed by atoms with Gasteiger partial charge in [0.2, 0.25) is 0 Å². The van der Waals surface area contributed by atoms with Crippen LogP contribution in [0.25, 0.3) is 0 Å². The minimum absolute atomic E-state index is 0.233. The van der Waals surface area contributed by atoms with E-state index in [-0.39, 0.29) is 4.90 Å². The first kappa shape index (κ1) is 15.8. The van der Waals surface area contributed by atoms with Crippen LogP contribution in [0.4, 0.5) is 5.69 Å². The summed E-state index contributed by atoms with van der Waals surface area (Å²) in [4.78, 5) is 10.8. The molecule has 0 bridgehead atoms. The number of nitrogens with one attached hydrogen (secondary N) is 1. The zero-order chi connectivity index (χ0) is 16.5. The lowest BCUT2D eigenvalue weighted by Crippen LogP contribution is -2.14. The Balaban J connectivity index is 2.45. The van der Waals surface area contributed by atoms with Crippen molar-refractivity contribution in [1.82, 2.24) is 0 Å². The summed E-state index contributed by atoms with van der Waals surface area (Å²) in [6.45, 7) is 3.59. The lowest BCUT2D eigenvalue weighted by molar-refractivity contribution is 0.0693. The molecule has 0 aliphatic rings. The van der Waals surface area contributed by atoms with Gasteiger partial charge in [-0.15, -0.1) is 0 Å². The van der Waals surface area contributed by atoms with E-state index in [9.17, 15) is 18.3 Å². The number of anilines is 1. The van der Waals surface area contributed by atoms with Gasteiger partial charge in [0, 0.05) is 0 Å². The van der Waals surface area contributed by atoms with Gasteiger partial charge in [0.1, 0.15) is 11.3 Å². The Morgan fingerprint density at radius 2 is 1.77 bits per heavy atom. The Bertz CT molecular complexity index is 843. The van der Waals surface area contributed by atoms with E-state index in [1.165, 1.54) is 0 Å². The average molecular weight is 321 g/mol. The van der Waals surface area contributed by atoms with Crippen molar-refractivity contribution >= 4 is 21.7 Å². The lowest BCUT2D eigenvalue weighted by atomic mass is 10.1. The van der Waals surface area contributed by atoms with Crippen LogP contribution in [0, 0.1) is 13.8 Å². The quantitative estimate of drug-likeness (QED) is 0.802. The second-order valence-corrected chi connectivity index (χ2v) is 6.59. The van der Waals surface area contributed by atoms with Gasteiger partial charge >= 0.3 is 5.97 Å². The third-order valence-corrected chi connectivity index (χ3v) is 4.51. The summed E-state index contributed by atoms with van der Waals surface area (Å²) in [6.07, 6.45) is 0. The van der Waals surface area contributed by atoms with Gasteiger partial charge in [-0.3, -0.25) is 4.72 Å². The molecular formula is C15H15NO5S. The first-order valence-corrected chi connectivity index (χ1v) is 7.85. The number of rotatable bonds is 4. The molecule has 6 nitrogen and oxygen atoms in total. The van der Waals surface area contributed by atoms with Gasteiger partial charge in [-0.2, -0.15) is 0 Å². The molecule has 2 rings (SSSR count). The second-order valence-electron chi connectivity index (χ2n) is 4.91. The fraction of sp³-hybridized carbons (Fsp3) is 0.133. The molecule has 0 aromatic heterocycles. The molecule has 0 radical (unpaired) electrons. The van der Waals surface area contributed by atoms with Crippen molar-refractivity contribution in [3.05, 3.63) is 53.1 Å². The number of carboxylic acid groups (broad SMARTS) is 1. The van der Waals surface area contributed by atoms with Crippen LogP contribution in [0.15, 0.2) is 41.3 Å². The van der Waals surface area contributed by atoms with Crippen LogP contribution in [0.2, 0.25) is 0 Å². The van der Waals surface area contributed by atoms with Crippen molar-refractivity contribution in [2.45, 2.75) is 18.7 Å². The van der Waals surface area contributed by atoms with E-state index >= 15 is 0 Å². The van der Waals surface area contributed by atoms with Crippen LogP contribution < -0.4 is 4.72 Å². The molecule has 3 N–H and O–H groups in total. The maximum absolute atomic E-state index is 12.4. The number of sulfonamides is 1. The maximum Gasteiger partial charge on any atom is 0.339 e. The molecule has 116 valence electrons. The Labute approximate surface area is 128 Å². The Morgan fingerprint density at radius 3 is 2.41 bits per heavy atom. The van der Waals surface area contributed by atoms with Crippen molar-refractivity contribution in [2.24, 2.45) is 0 Å². The Hall–Kier alpha value is -2.54. The summed E-state index contributed by atoms with van der Waals surface area (Å²) >= 11 is 0. The molecule has 0 atom stereocenters. The van der Waals surface area contributed by atoms with Gasteiger partial charge in [0.05, 0.1) is 10.6 Å². The minimum atomic E-state index is -3.95. The van der Waals surface area contributed by atoms with Crippen LogP contribution in [-0.4, -0.2) is 24.6 Å². The number of hydrogen-bond acceptors (Lipinski definition) is 4. The zero-order valence-corrected chi connectivity index (χ0v) is 12.8. The highest BCUT2D eigenvalue weighted by molar-refractivity contribution is 7.92. The maximum atomic E-state index is 12.4. The van der Waals surface area contributed by atoms with Crippen molar-refractivity contribution < 1.29 is 23.4 Å². The van der Waals surface area contributed by atoms with E-state index in [0.717, 1.165) is 29.3 Å². The first-order chi connectivity index (χ1) is 10.2. The van der Waals surface area contributed by atoms with Crippen molar-refractivity contribution in [3.63, 3.8) is 0 Å². The van der Waals surface area contributed by atoms with Crippen LogP contribution in [0.3, 0.4) is 0 Å². The number of aryl methyl sites for hydroxylation is 2. The predicted octanol–water partition coefficient (Wildman–Crippen LogP) is 2.51. The molecule has 22 heavy (non-hydrogen) atoms. The number of aromatic hydroxyl groups is 1. The van der Waals surface area contributed by atoms with E-state index in [2.05, 4.69) is 4.72 Å². The van der Waals surface area contributed by atoms with Gasteiger partial charge in [-0.25, -0.2) is 13.2 Å². The zero-order valence-electron chi connectivity index (χ0n) is 12.0. The summed E-state index contributed by atoms with van der Waals surface area (Å²) in [5.41, 5.74) is 1.58. The normalized spacial score (nSPS) is 11.2. The molecule has 2 aromatic carbocycles. The van der Waals surface area contributed by atoms with Crippen molar-refractivity contribution in [3.8, 4) is 5.75 Å². The molecule has 0 fully saturated rings. The number of carboxylic acids is 1. The predicted molar refractivity (Wildman–Crippen MR) is 81.8 cm³/mol. The summed E-state index contributed by atoms with van der Waals surface area (Å²) < 4.78 is 27.2. The second kappa shape index (κ2) is 5.69. The van der Waals surface area contributed by atoms with Crippen LogP contribution >= 0.6 is 0 Å².